The van der Waals surface area contributed by atoms with Crippen molar-refractivity contribution < 1.29 is 52.9 Å². The van der Waals surface area contributed by atoms with Gasteiger partial charge in [-0.2, -0.15) is 0 Å². The minimum atomic E-state index is -1.16. The number of nitrogens with one attached hydrogen (secondary N) is 3. The number of thioether (sulfide) groups is 1. The molecule has 0 bridgehead atoms. The highest BCUT2D eigenvalue weighted by molar-refractivity contribution is 8.00. The Morgan fingerprint density at radius 1 is 0.933 bits per heavy atom. The zero-order valence-electron chi connectivity index (χ0n) is 46.2. The van der Waals surface area contributed by atoms with Crippen molar-refractivity contribution in [1.82, 2.24) is 35.2 Å². The van der Waals surface area contributed by atoms with Gasteiger partial charge in [0.2, 0.25) is 41.4 Å². The number of primary amides is 1. The number of nitrogens with two attached hydrogens (primary N) is 2. The standard InChI is InChI=1S/C54H87N9O11S/c1-12-33(6)47(41(73-10)27-43(64)62-25-19-22-40(62)48(74-11)34(7)50(67)58-39(49(56)66)26-35-29-57-38-21-16-15-20-36(35)38)61(9)53(70)45(31(2)3)59-51(68)46(32(4)5)60(8)23-17-13-14-18-24-63-44(65)28-42(52(63)69)75-30-37(55)54(71)72/h15-16,20-21,29,31-34,37,39-42,45-48,57H,12-14,17-19,22-28,30,55H2,1-11H3,(H2,56,66)(H,58,67)(H,59,68)(H,71,72)/t33-,34+,37-,39-,40-,41+,42?,45-,46-,47-,48+/m0/s1. The van der Waals surface area contributed by atoms with Crippen LogP contribution in [0.5, 0.6) is 0 Å². The van der Waals surface area contributed by atoms with Crippen molar-refractivity contribution in [2.75, 3.05) is 53.7 Å². The number of aromatic nitrogens is 1. The van der Waals surface area contributed by atoms with Gasteiger partial charge in [-0.05, 0) is 68.7 Å². The molecule has 2 aromatic rings. The first-order valence-electron chi connectivity index (χ1n) is 26.7. The molecule has 20 nitrogen and oxygen atoms in total. The van der Waals surface area contributed by atoms with Crippen molar-refractivity contribution in [2.24, 2.45) is 35.1 Å². The average Bonchev–Trinajstić information content (AvgIpc) is 4.09. The minimum Gasteiger partial charge on any atom is -0.480 e. The highest BCUT2D eigenvalue weighted by Gasteiger charge is 2.44. The summed E-state index contributed by atoms with van der Waals surface area (Å²) in [6.07, 6.45) is 5.43. The Bertz CT molecular complexity index is 2260. The zero-order valence-corrected chi connectivity index (χ0v) is 47.0. The second-order valence-electron chi connectivity index (χ2n) is 21.3. The summed E-state index contributed by atoms with van der Waals surface area (Å²) in [4.78, 5) is 116. The van der Waals surface area contributed by atoms with E-state index in [0.717, 1.165) is 47.5 Å². The van der Waals surface area contributed by atoms with E-state index in [0.29, 0.717) is 38.8 Å². The van der Waals surface area contributed by atoms with E-state index in [1.165, 1.54) is 19.1 Å². The monoisotopic (exact) mass is 1070 g/mol. The number of rotatable bonds is 32. The van der Waals surface area contributed by atoms with Crippen LogP contribution < -0.4 is 22.1 Å². The number of carboxylic acids is 1. The van der Waals surface area contributed by atoms with Gasteiger partial charge in [-0.3, -0.25) is 48.2 Å². The van der Waals surface area contributed by atoms with E-state index in [-0.39, 0.29) is 78.8 Å². The van der Waals surface area contributed by atoms with E-state index in [4.69, 9.17) is 26.0 Å². The number of para-hydroxylation sites is 1. The first kappa shape index (κ1) is 62.4. The van der Waals surface area contributed by atoms with E-state index in [2.05, 4.69) is 15.6 Å². The highest BCUT2D eigenvalue weighted by atomic mass is 32.2. The lowest BCUT2D eigenvalue weighted by molar-refractivity contribution is -0.148. The van der Waals surface area contributed by atoms with Crippen molar-refractivity contribution in [3.05, 3.63) is 36.0 Å². The molecule has 21 heteroatoms. The summed E-state index contributed by atoms with van der Waals surface area (Å²) in [6.45, 7) is 14.8. The number of nitrogens with zero attached hydrogens (tertiary/aromatic N) is 4. The molecule has 0 radical (unpaired) electrons. The van der Waals surface area contributed by atoms with Gasteiger partial charge in [0.15, 0.2) is 0 Å². The maximum atomic E-state index is 14.7. The van der Waals surface area contributed by atoms with E-state index in [1.807, 2.05) is 77.8 Å². The number of aromatic amines is 1. The minimum absolute atomic E-state index is 0.0327. The molecule has 0 saturated carbocycles. The summed E-state index contributed by atoms with van der Waals surface area (Å²) < 4.78 is 12.1. The van der Waals surface area contributed by atoms with Crippen LogP contribution in [0.1, 0.15) is 112 Å². The Labute approximate surface area is 447 Å². The van der Waals surface area contributed by atoms with Crippen molar-refractivity contribution >= 4 is 70.0 Å². The molecule has 0 aliphatic carbocycles. The fraction of sp³-hybridized carbons (Fsp3) is 0.704. The number of carbonyl (C=O) groups is 8. The number of methoxy groups -OCH3 is 2. The number of likely N-dealkylation sites (tertiary alicyclic amines) is 2. The summed E-state index contributed by atoms with van der Waals surface area (Å²) >= 11 is 1.10. The normalized spacial score (nSPS) is 19.7. The van der Waals surface area contributed by atoms with Crippen LogP contribution in [0.15, 0.2) is 30.5 Å². The van der Waals surface area contributed by atoms with E-state index >= 15 is 0 Å². The molecular weight excluding hydrogens is 983 g/mol. The summed E-state index contributed by atoms with van der Waals surface area (Å²) in [5.41, 5.74) is 13.1. The number of benzene rings is 1. The number of amides is 7. The smallest absolute Gasteiger partial charge is 0.321 e. The molecule has 8 N–H and O–H groups in total. The van der Waals surface area contributed by atoms with E-state index in [1.54, 1.807) is 30.0 Å². The van der Waals surface area contributed by atoms with Crippen molar-refractivity contribution in [3.8, 4) is 0 Å². The van der Waals surface area contributed by atoms with Gasteiger partial charge in [-0.25, -0.2) is 0 Å². The van der Waals surface area contributed by atoms with Crippen molar-refractivity contribution in [3.63, 3.8) is 0 Å². The maximum absolute atomic E-state index is 14.7. The van der Waals surface area contributed by atoms with E-state index in [9.17, 15) is 38.4 Å². The fourth-order valence-electron chi connectivity index (χ4n) is 10.8. The molecule has 75 heavy (non-hydrogen) atoms. The third-order valence-corrected chi connectivity index (χ3v) is 16.6. The summed E-state index contributed by atoms with van der Waals surface area (Å²) in [5.74, 6) is -4.81. The number of ether oxygens (including phenoxy) is 2. The molecule has 0 spiro atoms. The number of fused-ring (bicyclic) bond motifs is 1. The molecule has 3 heterocycles. The van der Waals surface area contributed by atoms with Crippen LogP contribution in [-0.4, -0.2) is 184 Å². The van der Waals surface area contributed by atoms with E-state index < -0.39 is 77.4 Å². The lowest BCUT2D eigenvalue weighted by Gasteiger charge is -2.41. The number of unbranched alkanes of at least 4 members (excludes halogenated alkanes) is 3. The van der Waals surface area contributed by atoms with Crippen LogP contribution in [0, 0.1) is 23.7 Å². The van der Waals surface area contributed by atoms with Gasteiger partial charge in [0.25, 0.3) is 0 Å². The van der Waals surface area contributed by atoms with Crippen molar-refractivity contribution in [1.29, 1.82) is 0 Å². The predicted molar refractivity (Wildman–Crippen MR) is 289 cm³/mol. The van der Waals surface area contributed by atoms with Gasteiger partial charge in [0, 0.05) is 70.1 Å². The first-order chi connectivity index (χ1) is 35.5. The topological polar surface area (TPSA) is 280 Å². The number of hydrogen-bond acceptors (Lipinski definition) is 13. The molecule has 1 aromatic heterocycles. The van der Waals surface area contributed by atoms with Crippen LogP contribution in [0.4, 0.5) is 0 Å². The van der Waals surface area contributed by atoms with Crippen LogP contribution in [0.3, 0.4) is 0 Å². The number of carboxylic acid groups (broad SMARTS) is 1. The first-order valence-corrected chi connectivity index (χ1v) is 27.7. The van der Waals surface area contributed by atoms with Crippen LogP contribution in [0.25, 0.3) is 10.9 Å². The average molecular weight is 1070 g/mol. The lowest BCUT2D eigenvalue weighted by Crippen LogP contribution is -2.60. The molecule has 1 unspecified atom stereocenters. The fourth-order valence-corrected chi connectivity index (χ4v) is 11.9. The number of hydrogen-bond donors (Lipinski definition) is 6. The van der Waals surface area contributed by atoms with Gasteiger partial charge >= 0.3 is 5.97 Å². The number of carbonyl (C=O) groups excluding carboxylic acids is 7. The SMILES string of the molecule is CC[C@H](C)[C@@H]([C@@H](CC(=O)N1CCC[C@H]1[C@H](OC)[C@@H](C)C(=O)N[C@@H](Cc1c[nH]c2ccccc12)C(N)=O)OC)N(C)C(=O)[C@@H](NC(=O)[C@H](C(C)C)N(C)CCCCCCN1C(=O)CC(SC[C@H](N)C(=O)O)C1=O)C(C)C. The molecule has 2 fully saturated rings. The molecule has 2 saturated heterocycles. The third kappa shape index (κ3) is 16.5. The van der Waals surface area contributed by atoms with Crippen molar-refractivity contribution in [2.45, 2.75) is 166 Å². The molecule has 420 valence electrons. The number of H-pyrrole nitrogens is 1. The Balaban J connectivity index is 1.36. The molecule has 11 atom stereocenters. The second kappa shape index (κ2) is 29.4. The molecule has 2 aliphatic heterocycles. The van der Waals surface area contributed by atoms with Crippen LogP contribution >= 0.6 is 11.8 Å². The Hall–Kier alpha value is -5.09. The Morgan fingerprint density at radius 2 is 1.61 bits per heavy atom. The number of likely N-dealkylation sites (N-methyl/N-ethyl adjacent to an activating group) is 2. The molecule has 4 rings (SSSR count). The molecule has 2 aliphatic rings. The Kier molecular flexibility index (Phi) is 24.5. The predicted octanol–water partition coefficient (Wildman–Crippen LogP) is 3.53. The summed E-state index contributed by atoms with van der Waals surface area (Å²) in [6, 6.07) is 3.16. The maximum Gasteiger partial charge on any atom is 0.321 e. The number of imide groups is 1. The molecule has 1 aromatic carbocycles. The highest BCUT2D eigenvalue weighted by Crippen LogP contribution is 2.31. The van der Waals surface area contributed by atoms with Crippen LogP contribution in [0.2, 0.25) is 0 Å². The summed E-state index contributed by atoms with van der Waals surface area (Å²) in [5, 5.41) is 15.3. The quantitative estimate of drug-likeness (QED) is 0.0452. The van der Waals surface area contributed by atoms with Gasteiger partial charge < -0.3 is 51.5 Å². The lowest BCUT2D eigenvalue weighted by atomic mass is 9.89. The van der Waals surface area contributed by atoms with Gasteiger partial charge in [-0.1, -0.05) is 85.9 Å². The van der Waals surface area contributed by atoms with Crippen LogP contribution in [-0.2, 0) is 54.3 Å². The van der Waals surface area contributed by atoms with Gasteiger partial charge in [-0.15, -0.1) is 11.8 Å². The largest absolute Gasteiger partial charge is 0.480 e. The molecular formula is C54H87N9O11S. The number of aliphatic carboxylic acids is 1. The van der Waals surface area contributed by atoms with Gasteiger partial charge in [0.1, 0.15) is 18.1 Å². The second-order valence-corrected chi connectivity index (χ2v) is 22.5. The third-order valence-electron chi connectivity index (χ3n) is 15.3. The van der Waals surface area contributed by atoms with Gasteiger partial charge in [0.05, 0.1) is 47.9 Å². The summed E-state index contributed by atoms with van der Waals surface area (Å²) in [7, 11) is 6.63. The Morgan fingerprint density at radius 3 is 2.23 bits per heavy atom. The molecule has 7 amide bonds. The zero-order chi connectivity index (χ0) is 55.8.